The number of hydrogen-bond donors (Lipinski definition) is 1. The number of hydrogen-bond acceptors (Lipinski definition) is 1. The third-order valence-electron chi connectivity index (χ3n) is 3.59. The molecule has 0 atom stereocenters. The van der Waals surface area contributed by atoms with Crippen LogP contribution in [0.4, 0.5) is 0 Å². The first kappa shape index (κ1) is 11.4. The predicted molar refractivity (Wildman–Crippen MR) is 68.4 cm³/mol. The molecule has 1 aliphatic carbocycles. The number of allylic oxidation sites excluding steroid dienone is 1. The summed E-state index contributed by atoms with van der Waals surface area (Å²) >= 11 is 0. The second kappa shape index (κ2) is 5.31. The Morgan fingerprint density at radius 3 is 2.44 bits per heavy atom. The minimum Gasteiger partial charge on any atom is -0.392 e. The van der Waals surface area contributed by atoms with Gasteiger partial charge in [-0.25, -0.2) is 0 Å². The van der Waals surface area contributed by atoms with Crippen LogP contribution in [-0.2, 0) is 0 Å². The molecule has 1 nitrogen and oxygen atoms in total. The van der Waals surface area contributed by atoms with Crippen LogP contribution < -0.4 is 0 Å². The van der Waals surface area contributed by atoms with Crippen molar-refractivity contribution >= 4 is 5.57 Å². The summed E-state index contributed by atoms with van der Waals surface area (Å²) in [6, 6.07) is 8.85. The maximum atomic E-state index is 8.85. The zero-order valence-electron chi connectivity index (χ0n) is 9.95. The van der Waals surface area contributed by atoms with E-state index in [2.05, 4.69) is 24.3 Å². The van der Waals surface area contributed by atoms with Gasteiger partial charge in [0.2, 0.25) is 0 Å². The highest BCUT2D eigenvalue weighted by molar-refractivity contribution is 5.63. The van der Waals surface area contributed by atoms with Crippen LogP contribution in [0.3, 0.4) is 0 Å². The van der Waals surface area contributed by atoms with E-state index in [0.717, 1.165) is 11.5 Å². The van der Waals surface area contributed by atoms with Crippen LogP contribution in [0.2, 0.25) is 0 Å². The number of aliphatic hydroxyl groups is 1. The van der Waals surface area contributed by atoms with Gasteiger partial charge < -0.3 is 5.11 Å². The predicted octanol–water partition coefficient (Wildman–Crippen LogP) is 3.74. The maximum Gasteiger partial charge on any atom is 0.0618 e. The van der Waals surface area contributed by atoms with E-state index in [0.29, 0.717) is 0 Å². The van der Waals surface area contributed by atoms with Crippen molar-refractivity contribution in [2.24, 2.45) is 0 Å². The maximum absolute atomic E-state index is 8.85. The summed E-state index contributed by atoms with van der Waals surface area (Å²) in [5.41, 5.74) is 3.86. The molecule has 1 aliphatic rings. The molecule has 0 aromatic heterocycles. The van der Waals surface area contributed by atoms with Gasteiger partial charge >= 0.3 is 0 Å². The number of benzene rings is 1. The monoisotopic (exact) mass is 216 g/mol. The summed E-state index contributed by atoms with van der Waals surface area (Å²) in [5, 5.41) is 8.85. The molecule has 1 heteroatoms. The Morgan fingerprint density at radius 2 is 1.88 bits per heavy atom. The Bertz CT molecular complexity index is 356. The fraction of sp³-hybridized carbons (Fsp3) is 0.467. The fourth-order valence-corrected chi connectivity index (χ4v) is 2.53. The minimum absolute atomic E-state index is 0.121. The topological polar surface area (TPSA) is 20.2 Å². The smallest absolute Gasteiger partial charge is 0.0618 e. The first-order valence-electron chi connectivity index (χ1n) is 6.19. The molecule has 1 N–H and O–H groups in total. The summed E-state index contributed by atoms with van der Waals surface area (Å²) in [6.07, 6.45) is 7.33. The lowest BCUT2D eigenvalue weighted by Gasteiger charge is -2.10. The van der Waals surface area contributed by atoms with Gasteiger partial charge in [0.25, 0.3) is 0 Å². The zero-order valence-corrected chi connectivity index (χ0v) is 9.95. The van der Waals surface area contributed by atoms with Gasteiger partial charge in [-0.2, -0.15) is 0 Å². The quantitative estimate of drug-likeness (QED) is 0.816. The number of rotatable bonds is 3. The average Bonchev–Trinajstić information content (AvgIpc) is 2.83. The van der Waals surface area contributed by atoms with Gasteiger partial charge in [0, 0.05) is 0 Å². The van der Waals surface area contributed by atoms with E-state index in [1.165, 1.54) is 36.8 Å². The molecule has 0 aliphatic heterocycles. The Kier molecular flexibility index (Phi) is 3.79. The van der Waals surface area contributed by atoms with Crippen molar-refractivity contribution in [3.05, 3.63) is 41.5 Å². The van der Waals surface area contributed by atoms with Gasteiger partial charge in [-0.3, -0.25) is 0 Å². The summed E-state index contributed by atoms with van der Waals surface area (Å²) in [6.45, 7) is 2.16. The lowest BCUT2D eigenvalue weighted by atomic mass is 9.95. The highest BCUT2D eigenvalue weighted by Crippen LogP contribution is 2.34. The summed E-state index contributed by atoms with van der Waals surface area (Å²) in [4.78, 5) is 0. The van der Waals surface area contributed by atoms with E-state index in [-0.39, 0.29) is 6.61 Å². The van der Waals surface area contributed by atoms with E-state index < -0.39 is 0 Å². The summed E-state index contributed by atoms with van der Waals surface area (Å²) < 4.78 is 0. The van der Waals surface area contributed by atoms with Crippen LogP contribution in [-0.4, -0.2) is 11.7 Å². The molecule has 16 heavy (non-hydrogen) atoms. The molecule has 0 unspecified atom stereocenters. The normalized spacial score (nSPS) is 18.0. The first-order chi connectivity index (χ1) is 7.81. The van der Waals surface area contributed by atoms with Gasteiger partial charge in [-0.15, -0.1) is 0 Å². The first-order valence-corrected chi connectivity index (χ1v) is 6.19. The highest BCUT2D eigenvalue weighted by atomic mass is 16.2. The molecule has 1 saturated carbocycles. The Balaban J connectivity index is 2.12. The molecule has 0 spiro atoms. The second-order valence-electron chi connectivity index (χ2n) is 4.67. The van der Waals surface area contributed by atoms with Crippen LogP contribution in [0, 0.1) is 0 Å². The van der Waals surface area contributed by atoms with Crippen LogP contribution in [0.5, 0.6) is 0 Å². The van der Waals surface area contributed by atoms with E-state index in [1.807, 2.05) is 13.0 Å². The molecule has 2 rings (SSSR count). The van der Waals surface area contributed by atoms with E-state index in [4.69, 9.17) is 5.11 Å². The van der Waals surface area contributed by atoms with Crippen LogP contribution >= 0.6 is 0 Å². The van der Waals surface area contributed by atoms with Gasteiger partial charge in [-0.05, 0) is 42.4 Å². The van der Waals surface area contributed by atoms with Gasteiger partial charge in [-0.1, -0.05) is 43.2 Å². The van der Waals surface area contributed by atoms with Crippen molar-refractivity contribution in [1.82, 2.24) is 0 Å². The second-order valence-corrected chi connectivity index (χ2v) is 4.67. The molecule has 0 radical (unpaired) electrons. The molecular weight excluding hydrogens is 196 g/mol. The standard InChI is InChI=1S/C15H20O/c1-12(10-11-16)13-6-8-15(9-7-13)14-4-2-3-5-14/h6-10,14,16H,2-5,11H2,1H3/b12-10-. The lowest BCUT2D eigenvalue weighted by Crippen LogP contribution is -1.92. The van der Waals surface area contributed by atoms with E-state index >= 15 is 0 Å². The van der Waals surface area contributed by atoms with Crippen molar-refractivity contribution in [1.29, 1.82) is 0 Å². The molecule has 1 fully saturated rings. The zero-order chi connectivity index (χ0) is 11.4. The van der Waals surface area contributed by atoms with Crippen molar-refractivity contribution in [2.75, 3.05) is 6.61 Å². The largest absolute Gasteiger partial charge is 0.392 e. The Hall–Kier alpha value is -1.08. The molecule has 0 saturated heterocycles. The van der Waals surface area contributed by atoms with Gasteiger partial charge in [0.1, 0.15) is 0 Å². The lowest BCUT2D eigenvalue weighted by molar-refractivity contribution is 0.343. The van der Waals surface area contributed by atoms with Crippen molar-refractivity contribution in [3.63, 3.8) is 0 Å². The molecule has 86 valence electrons. The van der Waals surface area contributed by atoms with E-state index in [9.17, 15) is 0 Å². The van der Waals surface area contributed by atoms with Gasteiger partial charge in [0.15, 0.2) is 0 Å². The third-order valence-corrected chi connectivity index (χ3v) is 3.59. The van der Waals surface area contributed by atoms with Crippen molar-refractivity contribution in [3.8, 4) is 0 Å². The highest BCUT2D eigenvalue weighted by Gasteiger charge is 2.16. The van der Waals surface area contributed by atoms with Crippen LogP contribution in [0.1, 0.15) is 49.7 Å². The third kappa shape index (κ3) is 2.53. The fourth-order valence-electron chi connectivity index (χ4n) is 2.53. The molecule has 1 aromatic rings. The summed E-state index contributed by atoms with van der Waals surface area (Å²) in [7, 11) is 0. The Morgan fingerprint density at radius 1 is 1.25 bits per heavy atom. The molecule has 0 bridgehead atoms. The summed E-state index contributed by atoms with van der Waals surface area (Å²) in [5.74, 6) is 0.788. The molecule has 0 amide bonds. The molecule has 1 aromatic carbocycles. The van der Waals surface area contributed by atoms with Gasteiger partial charge in [0.05, 0.1) is 6.61 Å². The van der Waals surface area contributed by atoms with Crippen LogP contribution in [0.25, 0.3) is 5.57 Å². The minimum atomic E-state index is 0.121. The molecule has 0 heterocycles. The van der Waals surface area contributed by atoms with E-state index in [1.54, 1.807) is 0 Å². The molecular formula is C15H20O. The van der Waals surface area contributed by atoms with Crippen molar-refractivity contribution < 1.29 is 5.11 Å². The average molecular weight is 216 g/mol. The SMILES string of the molecule is C/C(=C/CO)c1ccc(C2CCCC2)cc1. The van der Waals surface area contributed by atoms with Crippen molar-refractivity contribution in [2.45, 2.75) is 38.5 Å². The Labute approximate surface area is 97.8 Å². The van der Waals surface area contributed by atoms with Crippen LogP contribution in [0.15, 0.2) is 30.3 Å². The number of aliphatic hydroxyl groups excluding tert-OH is 1.